The van der Waals surface area contributed by atoms with Gasteiger partial charge in [-0.15, -0.1) is 0 Å². The molecule has 14 heteroatoms. The molecular weight excluding hydrogens is 416 g/mol. The van der Waals surface area contributed by atoms with Gasteiger partial charge in [0.25, 0.3) is 0 Å². The number of amides is 4. The van der Waals surface area contributed by atoms with E-state index in [9.17, 15) is 34.2 Å². The first-order valence-electron chi connectivity index (χ1n) is 9.66. The van der Waals surface area contributed by atoms with Gasteiger partial charge in [-0.2, -0.15) is 0 Å². The van der Waals surface area contributed by atoms with E-state index in [1.165, 1.54) is 0 Å². The van der Waals surface area contributed by atoms with Gasteiger partial charge in [-0.3, -0.25) is 19.2 Å². The van der Waals surface area contributed by atoms with Gasteiger partial charge in [0.05, 0.1) is 13.2 Å². The van der Waals surface area contributed by atoms with Crippen LogP contribution in [0.25, 0.3) is 0 Å². The van der Waals surface area contributed by atoms with E-state index in [0.29, 0.717) is 19.4 Å². The Morgan fingerprint density at radius 2 is 1.32 bits per heavy atom. The average Bonchev–Trinajstić information content (AvgIpc) is 2.72. The number of aliphatic carboxylic acids is 1. The molecule has 0 saturated heterocycles. The molecule has 0 heterocycles. The van der Waals surface area contributed by atoms with E-state index >= 15 is 0 Å². The molecule has 0 aromatic carbocycles. The highest BCUT2D eigenvalue weighted by Crippen LogP contribution is 2.04. The molecule has 4 atom stereocenters. The summed E-state index contributed by atoms with van der Waals surface area (Å²) in [7, 11) is 0. The van der Waals surface area contributed by atoms with Crippen LogP contribution >= 0.6 is 0 Å². The quantitative estimate of drug-likeness (QED) is 0.102. The van der Waals surface area contributed by atoms with Crippen molar-refractivity contribution in [1.82, 2.24) is 16.0 Å². The number of hydrogen-bond acceptors (Lipinski definition) is 9. The maximum Gasteiger partial charge on any atom is 0.326 e. The Hall–Kier alpha value is -2.81. The third-order valence-corrected chi connectivity index (χ3v) is 4.22. The first kappa shape index (κ1) is 28.2. The number of carboxylic acids is 1. The lowest BCUT2D eigenvalue weighted by Gasteiger charge is -2.24. The molecule has 0 bridgehead atoms. The molecule has 0 spiro atoms. The molecule has 14 nitrogen and oxygen atoms in total. The summed E-state index contributed by atoms with van der Waals surface area (Å²) < 4.78 is 0. The molecule has 0 aliphatic carbocycles. The van der Waals surface area contributed by atoms with Gasteiger partial charge >= 0.3 is 5.97 Å². The lowest BCUT2D eigenvalue weighted by molar-refractivity contribution is -0.142. The Kier molecular flexibility index (Phi) is 13.7. The van der Waals surface area contributed by atoms with Crippen molar-refractivity contribution in [2.75, 3.05) is 19.8 Å². The molecule has 0 aromatic heterocycles. The molecule has 0 fully saturated rings. The van der Waals surface area contributed by atoms with Gasteiger partial charge in [-0.25, -0.2) is 4.79 Å². The second-order valence-electron chi connectivity index (χ2n) is 6.78. The second-order valence-corrected chi connectivity index (χ2v) is 6.78. The number of primary amides is 1. The van der Waals surface area contributed by atoms with Crippen LogP contribution in [0.4, 0.5) is 0 Å². The number of nitrogens with one attached hydrogen (secondary N) is 3. The maximum atomic E-state index is 12.6. The standard InChI is InChI=1S/C17H32N6O8/c18-6-2-1-3-11(17(30)31)22-15(28)10(4-5-13(20)26)21-16(29)12(8-25)23-14(27)9(19)7-24/h9-12,24-25H,1-8,18-19H2,(H2,20,26)(H,21,29)(H,22,28)(H,23,27)(H,30,31). The Balaban J connectivity index is 5.26. The van der Waals surface area contributed by atoms with Crippen LogP contribution in [0.15, 0.2) is 0 Å². The SMILES string of the molecule is NCCCCC(NC(=O)C(CCC(N)=O)NC(=O)C(CO)NC(=O)C(N)CO)C(=O)O. The van der Waals surface area contributed by atoms with Gasteiger partial charge < -0.3 is 48.5 Å². The van der Waals surface area contributed by atoms with Crippen molar-refractivity contribution in [3.8, 4) is 0 Å². The van der Waals surface area contributed by atoms with Crippen LogP contribution in [0.5, 0.6) is 0 Å². The van der Waals surface area contributed by atoms with Crippen LogP contribution < -0.4 is 33.2 Å². The van der Waals surface area contributed by atoms with Crippen molar-refractivity contribution in [2.45, 2.75) is 56.3 Å². The number of aliphatic hydroxyl groups is 2. The van der Waals surface area contributed by atoms with Crippen LogP contribution in [0.3, 0.4) is 0 Å². The van der Waals surface area contributed by atoms with Crippen LogP contribution in [-0.2, 0) is 24.0 Å². The Labute approximate surface area is 178 Å². The molecule has 0 rings (SSSR count). The second kappa shape index (κ2) is 15.1. The minimum atomic E-state index is -1.51. The average molecular weight is 448 g/mol. The van der Waals surface area contributed by atoms with E-state index in [0.717, 1.165) is 0 Å². The predicted octanol–water partition coefficient (Wildman–Crippen LogP) is -4.77. The van der Waals surface area contributed by atoms with Crippen molar-refractivity contribution >= 4 is 29.6 Å². The Morgan fingerprint density at radius 3 is 1.81 bits per heavy atom. The van der Waals surface area contributed by atoms with Gasteiger partial charge in [0.1, 0.15) is 24.2 Å². The van der Waals surface area contributed by atoms with Gasteiger partial charge in [0.2, 0.25) is 23.6 Å². The summed E-state index contributed by atoms with van der Waals surface area (Å²) >= 11 is 0. The summed E-state index contributed by atoms with van der Waals surface area (Å²) in [4.78, 5) is 59.2. The molecule has 4 unspecified atom stereocenters. The van der Waals surface area contributed by atoms with Crippen LogP contribution in [0.1, 0.15) is 32.1 Å². The molecule has 31 heavy (non-hydrogen) atoms. The fraction of sp³-hybridized carbons (Fsp3) is 0.706. The number of carbonyl (C=O) groups excluding carboxylic acids is 4. The zero-order chi connectivity index (χ0) is 24.0. The first-order valence-corrected chi connectivity index (χ1v) is 9.66. The van der Waals surface area contributed by atoms with E-state index in [-0.39, 0.29) is 19.3 Å². The van der Waals surface area contributed by atoms with Crippen molar-refractivity contribution in [1.29, 1.82) is 0 Å². The molecular formula is C17H32N6O8. The largest absolute Gasteiger partial charge is 0.480 e. The van der Waals surface area contributed by atoms with E-state index in [1.807, 2.05) is 0 Å². The van der Waals surface area contributed by atoms with Crippen LogP contribution in [0, 0.1) is 0 Å². The maximum absolute atomic E-state index is 12.6. The molecule has 0 aliphatic rings. The molecule has 0 radical (unpaired) electrons. The topological polar surface area (TPSA) is 260 Å². The highest BCUT2D eigenvalue weighted by Gasteiger charge is 2.30. The minimum Gasteiger partial charge on any atom is -0.480 e. The monoisotopic (exact) mass is 448 g/mol. The summed E-state index contributed by atoms with van der Waals surface area (Å²) in [6, 6.07) is -5.45. The summed E-state index contributed by atoms with van der Waals surface area (Å²) in [5.41, 5.74) is 15.8. The lowest BCUT2D eigenvalue weighted by atomic mass is 10.1. The Bertz CT molecular complexity index is 632. The summed E-state index contributed by atoms with van der Waals surface area (Å²) in [6.45, 7) is -1.20. The zero-order valence-corrected chi connectivity index (χ0v) is 17.1. The fourth-order valence-corrected chi connectivity index (χ4v) is 2.41. The molecule has 0 aliphatic heterocycles. The molecule has 178 valence electrons. The van der Waals surface area contributed by atoms with Crippen molar-refractivity contribution in [3.05, 3.63) is 0 Å². The highest BCUT2D eigenvalue weighted by molar-refractivity contribution is 5.94. The fourth-order valence-electron chi connectivity index (χ4n) is 2.41. The smallest absolute Gasteiger partial charge is 0.326 e. The highest BCUT2D eigenvalue weighted by atomic mass is 16.4. The van der Waals surface area contributed by atoms with Gasteiger partial charge in [0.15, 0.2) is 0 Å². The van der Waals surface area contributed by atoms with Crippen LogP contribution in [-0.4, -0.2) is 88.8 Å². The van der Waals surface area contributed by atoms with E-state index < -0.39 is 67.0 Å². The zero-order valence-electron chi connectivity index (χ0n) is 17.1. The number of unbranched alkanes of at least 4 members (excludes halogenated alkanes) is 1. The molecule has 12 N–H and O–H groups in total. The summed E-state index contributed by atoms with van der Waals surface area (Å²) in [5.74, 6) is -4.83. The number of aliphatic hydroxyl groups excluding tert-OH is 2. The molecule has 0 aromatic rings. The van der Waals surface area contributed by atoms with Crippen LogP contribution in [0.2, 0.25) is 0 Å². The number of carbonyl (C=O) groups is 5. The predicted molar refractivity (Wildman–Crippen MR) is 107 cm³/mol. The van der Waals surface area contributed by atoms with Gasteiger partial charge in [-0.05, 0) is 32.2 Å². The third-order valence-electron chi connectivity index (χ3n) is 4.22. The van der Waals surface area contributed by atoms with Gasteiger partial charge in [0, 0.05) is 6.42 Å². The summed E-state index contributed by atoms with van der Waals surface area (Å²) in [5, 5.41) is 34.2. The Morgan fingerprint density at radius 1 is 0.774 bits per heavy atom. The van der Waals surface area contributed by atoms with Gasteiger partial charge in [-0.1, -0.05) is 0 Å². The minimum absolute atomic E-state index is 0.100. The molecule has 0 saturated carbocycles. The lowest BCUT2D eigenvalue weighted by Crippen LogP contribution is -2.58. The summed E-state index contributed by atoms with van der Waals surface area (Å²) in [6.07, 6.45) is 0.549. The van der Waals surface area contributed by atoms with Crippen molar-refractivity contribution in [2.24, 2.45) is 17.2 Å². The third kappa shape index (κ3) is 11.2. The van der Waals surface area contributed by atoms with Crippen molar-refractivity contribution in [3.63, 3.8) is 0 Å². The van der Waals surface area contributed by atoms with E-state index in [1.54, 1.807) is 0 Å². The van der Waals surface area contributed by atoms with E-state index in [4.69, 9.17) is 22.3 Å². The number of hydrogen-bond donors (Lipinski definition) is 9. The molecule has 4 amide bonds. The van der Waals surface area contributed by atoms with Crippen molar-refractivity contribution < 1.29 is 39.3 Å². The number of nitrogens with two attached hydrogens (primary N) is 3. The number of carboxylic acid groups (broad SMARTS) is 1. The first-order chi connectivity index (χ1) is 14.6. The number of rotatable bonds is 16. The van der Waals surface area contributed by atoms with E-state index in [2.05, 4.69) is 16.0 Å². The normalized spacial score (nSPS) is 14.6.